The van der Waals surface area contributed by atoms with E-state index >= 15 is 0 Å². The summed E-state index contributed by atoms with van der Waals surface area (Å²) in [5.74, 6) is 0.577. The summed E-state index contributed by atoms with van der Waals surface area (Å²) in [4.78, 5) is 14.2. The van der Waals surface area contributed by atoms with Crippen LogP contribution in [0.5, 0.6) is 11.6 Å². The topological polar surface area (TPSA) is 65.3 Å². The van der Waals surface area contributed by atoms with Gasteiger partial charge in [-0.25, -0.2) is 4.98 Å². The Balaban J connectivity index is 2.35. The number of benzene rings is 1. The van der Waals surface area contributed by atoms with Gasteiger partial charge in [-0.3, -0.25) is 10.1 Å². The second kappa shape index (κ2) is 5.85. The summed E-state index contributed by atoms with van der Waals surface area (Å²) in [6.45, 7) is 0. The Bertz CT molecular complexity index is 652. The summed E-state index contributed by atoms with van der Waals surface area (Å²) < 4.78 is 6.59. The minimum Gasteiger partial charge on any atom is -0.438 e. The molecule has 0 fully saturated rings. The molecule has 8 heteroatoms. The first-order valence-corrected chi connectivity index (χ1v) is 6.86. The predicted octanol–water partition coefficient (Wildman–Crippen LogP) is 4.96. The van der Waals surface area contributed by atoms with E-state index in [1.807, 2.05) is 0 Å². The Hall–Kier alpha value is -1.18. The van der Waals surface area contributed by atoms with Crippen LogP contribution in [0.15, 0.2) is 39.4 Å². The first-order chi connectivity index (χ1) is 8.95. The number of hydrogen-bond donors (Lipinski definition) is 0. The van der Waals surface area contributed by atoms with Crippen LogP contribution in [-0.2, 0) is 0 Å². The highest BCUT2D eigenvalue weighted by molar-refractivity contribution is 9.10. The maximum absolute atomic E-state index is 10.8. The Morgan fingerprint density at radius 3 is 2.63 bits per heavy atom. The lowest BCUT2D eigenvalue weighted by atomic mass is 10.3. The van der Waals surface area contributed by atoms with Crippen molar-refractivity contribution in [3.63, 3.8) is 0 Å². The zero-order valence-corrected chi connectivity index (χ0v) is 13.1. The molecule has 0 bridgehead atoms. The zero-order chi connectivity index (χ0) is 14.0. The van der Waals surface area contributed by atoms with Crippen molar-refractivity contribution in [3.05, 3.63) is 54.5 Å². The zero-order valence-electron chi connectivity index (χ0n) is 9.14. The standard InChI is InChI=1S/C11H5Br2ClN2O3/c12-6-1-8(16(17)18)4-9(2-6)19-11-10(13)3-7(14)5-15-11/h1-5H. The molecule has 0 unspecified atom stereocenters. The summed E-state index contributed by atoms with van der Waals surface area (Å²) in [6.07, 6.45) is 1.42. The summed E-state index contributed by atoms with van der Waals surface area (Å²) in [5, 5.41) is 11.2. The van der Waals surface area contributed by atoms with Crippen LogP contribution in [0.4, 0.5) is 5.69 Å². The van der Waals surface area contributed by atoms with E-state index in [0.717, 1.165) is 0 Å². The highest BCUT2D eigenvalue weighted by atomic mass is 79.9. The molecule has 1 aromatic heterocycles. The monoisotopic (exact) mass is 406 g/mol. The SMILES string of the molecule is O=[N+]([O-])c1cc(Br)cc(Oc2ncc(Cl)cc2Br)c1. The highest BCUT2D eigenvalue weighted by Gasteiger charge is 2.12. The Kier molecular flexibility index (Phi) is 4.38. The number of ether oxygens (including phenoxy) is 1. The summed E-state index contributed by atoms with van der Waals surface area (Å²) in [7, 11) is 0. The minimum absolute atomic E-state index is 0.0746. The first-order valence-electron chi connectivity index (χ1n) is 4.89. The number of pyridine rings is 1. The smallest absolute Gasteiger partial charge is 0.274 e. The largest absolute Gasteiger partial charge is 0.438 e. The number of aromatic nitrogens is 1. The van der Waals surface area contributed by atoms with E-state index in [9.17, 15) is 10.1 Å². The fraction of sp³-hybridized carbons (Fsp3) is 0. The molecule has 0 atom stereocenters. The van der Waals surface area contributed by atoms with Crippen molar-refractivity contribution < 1.29 is 9.66 Å². The molecule has 0 aliphatic carbocycles. The lowest BCUT2D eigenvalue weighted by Gasteiger charge is -2.07. The van der Waals surface area contributed by atoms with Gasteiger partial charge in [0.2, 0.25) is 5.88 Å². The van der Waals surface area contributed by atoms with Crippen molar-refractivity contribution >= 4 is 49.1 Å². The quantitative estimate of drug-likeness (QED) is 0.532. The van der Waals surface area contributed by atoms with Gasteiger partial charge < -0.3 is 4.74 Å². The minimum atomic E-state index is -0.498. The van der Waals surface area contributed by atoms with Crippen molar-refractivity contribution in [3.8, 4) is 11.6 Å². The van der Waals surface area contributed by atoms with Gasteiger partial charge >= 0.3 is 0 Å². The molecule has 0 radical (unpaired) electrons. The van der Waals surface area contributed by atoms with Crippen LogP contribution in [0.25, 0.3) is 0 Å². The van der Waals surface area contributed by atoms with Crippen LogP contribution in [0.3, 0.4) is 0 Å². The van der Waals surface area contributed by atoms with Crippen molar-refractivity contribution in [2.24, 2.45) is 0 Å². The van der Waals surface area contributed by atoms with Gasteiger partial charge in [0, 0.05) is 16.7 Å². The number of hydrogen-bond acceptors (Lipinski definition) is 4. The molecule has 0 aliphatic rings. The van der Waals surface area contributed by atoms with E-state index < -0.39 is 4.92 Å². The van der Waals surface area contributed by atoms with Gasteiger partial charge in [-0.1, -0.05) is 27.5 Å². The molecule has 0 amide bonds. The predicted molar refractivity (Wildman–Crippen MR) is 77.8 cm³/mol. The van der Waals surface area contributed by atoms with Crippen LogP contribution in [0.2, 0.25) is 5.02 Å². The molecule has 19 heavy (non-hydrogen) atoms. The number of non-ortho nitro benzene ring substituents is 1. The van der Waals surface area contributed by atoms with Gasteiger partial charge in [-0.15, -0.1) is 0 Å². The maximum atomic E-state index is 10.8. The van der Waals surface area contributed by atoms with Gasteiger partial charge in [0.25, 0.3) is 5.69 Å². The van der Waals surface area contributed by atoms with E-state index in [-0.39, 0.29) is 11.6 Å². The van der Waals surface area contributed by atoms with Gasteiger partial charge in [0.05, 0.1) is 20.5 Å². The number of halogens is 3. The summed E-state index contributed by atoms with van der Waals surface area (Å²) >= 11 is 12.2. The Labute approximate surface area is 130 Å². The lowest BCUT2D eigenvalue weighted by molar-refractivity contribution is -0.385. The molecule has 0 N–H and O–H groups in total. The molecular weight excluding hydrogens is 403 g/mol. The fourth-order valence-corrected chi connectivity index (χ4v) is 2.48. The number of rotatable bonds is 3. The molecule has 5 nitrogen and oxygen atoms in total. The van der Waals surface area contributed by atoms with Gasteiger partial charge in [0.1, 0.15) is 5.75 Å². The first kappa shape index (κ1) is 14.2. The molecular formula is C11H5Br2ClN2O3. The normalized spacial score (nSPS) is 10.3. The number of nitro benzene ring substituents is 1. The molecule has 1 heterocycles. The number of nitro groups is 1. The molecule has 0 spiro atoms. The van der Waals surface area contributed by atoms with E-state index in [4.69, 9.17) is 16.3 Å². The maximum Gasteiger partial charge on any atom is 0.274 e. The molecule has 0 aliphatic heterocycles. The van der Waals surface area contributed by atoms with Crippen LogP contribution in [0, 0.1) is 10.1 Å². The molecule has 98 valence electrons. The molecule has 0 saturated heterocycles. The average Bonchev–Trinajstić information content (AvgIpc) is 2.32. The molecule has 1 aromatic carbocycles. The van der Waals surface area contributed by atoms with Crippen molar-refractivity contribution in [1.82, 2.24) is 4.98 Å². The average molecular weight is 408 g/mol. The van der Waals surface area contributed by atoms with E-state index in [1.54, 1.807) is 12.1 Å². The van der Waals surface area contributed by atoms with Gasteiger partial charge in [-0.2, -0.15) is 0 Å². The third-order valence-electron chi connectivity index (χ3n) is 2.06. The second-order valence-electron chi connectivity index (χ2n) is 3.44. The van der Waals surface area contributed by atoms with Crippen LogP contribution < -0.4 is 4.74 Å². The van der Waals surface area contributed by atoms with E-state index in [0.29, 0.717) is 19.7 Å². The summed E-state index contributed by atoms with van der Waals surface area (Å²) in [6, 6.07) is 5.93. The van der Waals surface area contributed by atoms with Crippen LogP contribution in [0.1, 0.15) is 0 Å². The van der Waals surface area contributed by atoms with Crippen LogP contribution in [-0.4, -0.2) is 9.91 Å². The van der Waals surface area contributed by atoms with Gasteiger partial charge in [-0.05, 0) is 28.1 Å². The number of nitrogens with zero attached hydrogens (tertiary/aromatic N) is 2. The molecule has 2 rings (SSSR count). The second-order valence-corrected chi connectivity index (χ2v) is 5.65. The van der Waals surface area contributed by atoms with E-state index in [1.165, 1.54) is 18.3 Å². The molecule has 2 aromatic rings. The Morgan fingerprint density at radius 1 is 1.26 bits per heavy atom. The highest BCUT2D eigenvalue weighted by Crippen LogP contribution is 2.32. The van der Waals surface area contributed by atoms with Crippen molar-refractivity contribution in [2.75, 3.05) is 0 Å². The van der Waals surface area contributed by atoms with Crippen molar-refractivity contribution in [2.45, 2.75) is 0 Å². The van der Waals surface area contributed by atoms with Gasteiger partial charge in [0.15, 0.2) is 0 Å². The fourth-order valence-electron chi connectivity index (χ4n) is 1.30. The van der Waals surface area contributed by atoms with Crippen molar-refractivity contribution in [1.29, 1.82) is 0 Å². The van der Waals surface area contributed by atoms with E-state index in [2.05, 4.69) is 36.8 Å². The Morgan fingerprint density at radius 2 is 2.00 bits per heavy atom. The summed E-state index contributed by atoms with van der Waals surface area (Å²) in [5.41, 5.74) is -0.0746. The van der Waals surface area contributed by atoms with Crippen LogP contribution >= 0.6 is 43.5 Å². The third kappa shape index (κ3) is 3.65. The lowest BCUT2D eigenvalue weighted by Crippen LogP contribution is -1.92. The molecule has 0 saturated carbocycles. The third-order valence-corrected chi connectivity index (χ3v) is 3.29.